The van der Waals surface area contributed by atoms with Crippen molar-refractivity contribution in [3.8, 4) is 5.75 Å². The van der Waals surface area contributed by atoms with Crippen LogP contribution in [0.5, 0.6) is 5.75 Å². The molecule has 3 heteroatoms. The van der Waals surface area contributed by atoms with Gasteiger partial charge in [-0.15, -0.1) is 0 Å². The van der Waals surface area contributed by atoms with Crippen LogP contribution in [0.15, 0.2) is 12.1 Å². The third-order valence-electron chi connectivity index (χ3n) is 1.56. The van der Waals surface area contributed by atoms with Crippen molar-refractivity contribution in [3.63, 3.8) is 0 Å². The topological polar surface area (TPSA) is 48.1 Å². The van der Waals surface area contributed by atoms with Crippen LogP contribution in [0.3, 0.4) is 0 Å². The van der Waals surface area contributed by atoms with Crippen molar-refractivity contribution < 1.29 is 4.74 Å². The van der Waals surface area contributed by atoms with E-state index in [2.05, 4.69) is 4.98 Å². The number of ether oxygens (including phenoxy) is 1. The minimum absolute atomic E-state index is 0.428. The average Bonchev–Trinajstić information content (AvgIpc) is 2.08. The molecule has 2 N–H and O–H groups in total. The maximum absolute atomic E-state index is 5.51. The van der Waals surface area contributed by atoms with E-state index in [-0.39, 0.29) is 0 Å². The van der Waals surface area contributed by atoms with Crippen LogP contribution in [0.1, 0.15) is 18.3 Å². The summed E-state index contributed by atoms with van der Waals surface area (Å²) in [6, 6.07) is 3.83. The van der Waals surface area contributed by atoms with Crippen molar-refractivity contribution in [2.75, 3.05) is 6.61 Å². The molecule has 0 aliphatic carbocycles. The molecule has 0 fully saturated rings. The molecule has 3 nitrogen and oxygen atoms in total. The Labute approximate surface area is 72.6 Å². The van der Waals surface area contributed by atoms with Crippen LogP contribution in [0.4, 0.5) is 0 Å². The summed E-state index contributed by atoms with van der Waals surface area (Å²) in [5, 5.41) is 0. The highest BCUT2D eigenvalue weighted by Crippen LogP contribution is 2.15. The summed E-state index contributed by atoms with van der Waals surface area (Å²) in [4.78, 5) is 4.26. The SMILES string of the molecule is CCOc1ccc(C)nc1CN. The molecule has 0 amide bonds. The molecule has 0 bridgehead atoms. The zero-order valence-corrected chi connectivity index (χ0v) is 7.50. The van der Waals surface area contributed by atoms with Crippen molar-refractivity contribution in [2.24, 2.45) is 5.73 Å². The van der Waals surface area contributed by atoms with Crippen LogP contribution in [-0.2, 0) is 6.54 Å². The maximum atomic E-state index is 5.51. The first-order valence-corrected chi connectivity index (χ1v) is 4.07. The minimum atomic E-state index is 0.428. The number of aromatic nitrogens is 1. The molecule has 1 aromatic heterocycles. The molecule has 0 aliphatic rings. The smallest absolute Gasteiger partial charge is 0.142 e. The molecule has 12 heavy (non-hydrogen) atoms. The number of nitrogens with zero attached hydrogens (tertiary/aromatic N) is 1. The molecule has 0 saturated heterocycles. The highest BCUT2D eigenvalue weighted by molar-refractivity contribution is 5.28. The second-order valence-corrected chi connectivity index (χ2v) is 2.53. The summed E-state index contributed by atoms with van der Waals surface area (Å²) >= 11 is 0. The molecule has 66 valence electrons. The highest BCUT2D eigenvalue weighted by atomic mass is 16.5. The van der Waals surface area contributed by atoms with Crippen LogP contribution in [-0.4, -0.2) is 11.6 Å². The number of rotatable bonds is 3. The second kappa shape index (κ2) is 4.07. The predicted octanol–water partition coefficient (Wildman–Crippen LogP) is 1.25. The minimum Gasteiger partial charge on any atom is -0.492 e. The normalized spacial score (nSPS) is 9.92. The fraction of sp³-hybridized carbons (Fsp3) is 0.444. The second-order valence-electron chi connectivity index (χ2n) is 2.53. The quantitative estimate of drug-likeness (QED) is 0.735. The molecule has 0 radical (unpaired) electrons. The predicted molar refractivity (Wildman–Crippen MR) is 48.0 cm³/mol. The van der Waals surface area contributed by atoms with Gasteiger partial charge in [0, 0.05) is 12.2 Å². The summed E-state index contributed by atoms with van der Waals surface area (Å²) in [6.07, 6.45) is 0. The van der Waals surface area contributed by atoms with E-state index in [0.29, 0.717) is 13.2 Å². The van der Waals surface area contributed by atoms with E-state index in [1.165, 1.54) is 0 Å². The third kappa shape index (κ3) is 1.95. The largest absolute Gasteiger partial charge is 0.492 e. The molecule has 0 spiro atoms. The van der Waals surface area contributed by atoms with E-state index in [4.69, 9.17) is 10.5 Å². The Kier molecular flexibility index (Phi) is 3.05. The van der Waals surface area contributed by atoms with E-state index in [0.717, 1.165) is 17.1 Å². The van der Waals surface area contributed by atoms with Gasteiger partial charge in [-0.2, -0.15) is 0 Å². The van der Waals surface area contributed by atoms with Crippen molar-refractivity contribution in [2.45, 2.75) is 20.4 Å². The van der Waals surface area contributed by atoms with Gasteiger partial charge in [0.25, 0.3) is 0 Å². The number of nitrogens with two attached hydrogens (primary N) is 1. The zero-order chi connectivity index (χ0) is 8.97. The molecule has 0 saturated carbocycles. The number of aryl methyl sites for hydroxylation is 1. The summed E-state index contributed by atoms with van der Waals surface area (Å²) in [7, 11) is 0. The molecule has 1 heterocycles. The van der Waals surface area contributed by atoms with Gasteiger partial charge in [-0.3, -0.25) is 4.98 Å². The first-order chi connectivity index (χ1) is 5.77. The van der Waals surface area contributed by atoms with Crippen molar-refractivity contribution in [1.82, 2.24) is 4.98 Å². The van der Waals surface area contributed by atoms with Crippen molar-refractivity contribution in [1.29, 1.82) is 0 Å². The summed E-state index contributed by atoms with van der Waals surface area (Å²) in [6.45, 7) is 4.96. The van der Waals surface area contributed by atoms with Gasteiger partial charge in [0.05, 0.1) is 12.3 Å². The van der Waals surface area contributed by atoms with E-state index in [9.17, 15) is 0 Å². The van der Waals surface area contributed by atoms with Crippen LogP contribution >= 0.6 is 0 Å². The molecule has 0 aromatic carbocycles. The number of hydrogen-bond donors (Lipinski definition) is 1. The van der Waals surface area contributed by atoms with Gasteiger partial charge >= 0.3 is 0 Å². The molecule has 1 rings (SSSR count). The van der Waals surface area contributed by atoms with Gasteiger partial charge in [0.1, 0.15) is 5.75 Å². The Bertz CT molecular complexity index is 261. The van der Waals surface area contributed by atoms with E-state index < -0.39 is 0 Å². The van der Waals surface area contributed by atoms with Gasteiger partial charge in [0.2, 0.25) is 0 Å². The van der Waals surface area contributed by atoms with Crippen LogP contribution in [0.2, 0.25) is 0 Å². The van der Waals surface area contributed by atoms with Crippen LogP contribution in [0.25, 0.3) is 0 Å². The fourth-order valence-electron chi connectivity index (χ4n) is 1.03. The number of hydrogen-bond acceptors (Lipinski definition) is 3. The summed E-state index contributed by atoms with van der Waals surface area (Å²) in [5.41, 5.74) is 7.31. The Morgan fingerprint density at radius 3 is 2.83 bits per heavy atom. The highest BCUT2D eigenvalue weighted by Gasteiger charge is 2.02. The van der Waals surface area contributed by atoms with E-state index in [1.807, 2.05) is 26.0 Å². The lowest BCUT2D eigenvalue weighted by molar-refractivity contribution is 0.334. The first kappa shape index (κ1) is 9.00. The maximum Gasteiger partial charge on any atom is 0.142 e. The fourth-order valence-corrected chi connectivity index (χ4v) is 1.03. The number of pyridine rings is 1. The molecule has 1 aromatic rings. The van der Waals surface area contributed by atoms with Gasteiger partial charge < -0.3 is 10.5 Å². The monoisotopic (exact) mass is 166 g/mol. The lowest BCUT2D eigenvalue weighted by Gasteiger charge is -2.07. The summed E-state index contributed by atoms with van der Waals surface area (Å²) in [5.74, 6) is 0.797. The molecule has 0 unspecified atom stereocenters. The standard InChI is InChI=1S/C9H14N2O/c1-3-12-9-5-4-7(2)11-8(9)6-10/h4-5H,3,6,10H2,1-2H3. The Morgan fingerprint density at radius 1 is 1.50 bits per heavy atom. The molecular formula is C9H14N2O. The van der Waals surface area contributed by atoms with Gasteiger partial charge in [-0.05, 0) is 26.0 Å². The zero-order valence-electron chi connectivity index (χ0n) is 7.50. The Morgan fingerprint density at radius 2 is 2.25 bits per heavy atom. The Hall–Kier alpha value is -1.09. The third-order valence-corrected chi connectivity index (χ3v) is 1.56. The van der Waals surface area contributed by atoms with Crippen molar-refractivity contribution >= 4 is 0 Å². The summed E-state index contributed by atoms with van der Waals surface area (Å²) < 4.78 is 5.34. The molecule has 0 aliphatic heterocycles. The molecule has 0 atom stereocenters. The van der Waals surface area contributed by atoms with Gasteiger partial charge in [0.15, 0.2) is 0 Å². The van der Waals surface area contributed by atoms with E-state index >= 15 is 0 Å². The van der Waals surface area contributed by atoms with E-state index in [1.54, 1.807) is 0 Å². The molecular weight excluding hydrogens is 152 g/mol. The van der Waals surface area contributed by atoms with Gasteiger partial charge in [-0.25, -0.2) is 0 Å². The van der Waals surface area contributed by atoms with Gasteiger partial charge in [-0.1, -0.05) is 0 Å². The first-order valence-electron chi connectivity index (χ1n) is 4.07. The van der Waals surface area contributed by atoms with Crippen molar-refractivity contribution in [3.05, 3.63) is 23.5 Å². The van der Waals surface area contributed by atoms with Crippen LogP contribution < -0.4 is 10.5 Å². The Balaban J connectivity index is 2.94. The lowest BCUT2D eigenvalue weighted by Crippen LogP contribution is -2.05. The van der Waals surface area contributed by atoms with Crippen LogP contribution in [0, 0.1) is 6.92 Å². The average molecular weight is 166 g/mol. The lowest BCUT2D eigenvalue weighted by atomic mass is 10.3.